The van der Waals surface area contributed by atoms with Crippen molar-refractivity contribution in [3.8, 4) is 0 Å². The first-order valence-corrected chi connectivity index (χ1v) is 7.05. The van der Waals surface area contributed by atoms with E-state index in [0.29, 0.717) is 11.2 Å². The van der Waals surface area contributed by atoms with E-state index in [-0.39, 0.29) is 6.61 Å². The average Bonchev–Trinajstić information content (AvgIpc) is 2.59. The Labute approximate surface area is 126 Å². The van der Waals surface area contributed by atoms with Gasteiger partial charge in [-0.1, -0.05) is 0 Å². The standard InChI is InChI=1S/C15H23BN2O3/c1-10-6-12(18-8-13(10)17)7-11(9-19)16-20-14(2,3)15(4,5)21-16/h6-8,19H,9,17H2,1-5H3. The summed E-state index contributed by atoms with van der Waals surface area (Å²) in [5.41, 5.74) is 7.85. The molecule has 0 atom stereocenters. The van der Waals surface area contributed by atoms with Crippen LogP contribution in [0.15, 0.2) is 17.7 Å². The predicted octanol–water partition coefficient (Wildman–Crippen LogP) is 1.98. The minimum atomic E-state index is -0.570. The van der Waals surface area contributed by atoms with Gasteiger partial charge in [-0.2, -0.15) is 0 Å². The van der Waals surface area contributed by atoms with E-state index in [0.717, 1.165) is 11.3 Å². The van der Waals surface area contributed by atoms with E-state index in [4.69, 9.17) is 15.0 Å². The Hall–Kier alpha value is -1.37. The third kappa shape index (κ3) is 3.12. The second-order valence-electron chi connectivity index (χ2n) is 6.43. The highest BCUT2D eigenvalue weighted by molar-refractivity contribution is 6.55. The summed E-state index contributed by atoms with van der Waals surface area (Å²) >= 11 is 0. The van der Waals surface area contributed by atoms with Crippen LogP contribution in [0, 0.1) is 6.92 Å². The molecule has 2 heterocycles. The van der Waals surface area contributed by atoms with Gasteiger partial charge in [0, 0.05) is 0 Å². The van der Waals surface area contributed by atoms with Gasteiger partial charge in [-0.3, -0.25) is 4.98 Å². The molecule has 1 aromatic rings. The number of aromatic nitrogens is 1. The normalized spacial score (nSPS) is 20.9. The lowest BCUT2D eigenvalue weighted by Crippen LogP contribution is -2.41. The fourth-order valence-electron chi connectivity index (χ4n) is 2.04. The number of pyridine rings is 1. The Morgan fingerprint density at radius 1 is 1.33 bits per heavy atom. The molecule has 1 fully saturated rings. The van der Waals surface area contributed by atoms with Crippen LogP contribution >= 0.6 is 0 Å². The van der Waals surface area contributed by atoms with Crippen LogP contribution in [-0.4, -0.2) is 35.0 Å². The molecule has 6 heteroatoms. The molecule has 0 amide bonds. The molecular formula is C15H23BN2O3. The molecule has 0 unspecified atom stereocenters. The summed E-state index contributed by atoms with van der Waals surface area (Å²) in [6.07, 6.45) is 3.40. The lowest BCUT2D eigenvalue weighted by Gasteiger charge is -2.32. The highest BCUT2D eigenvalue weighted by Gasteiger charge is 2.52. The predicted molar refractivity (Wildman–Crippen MR) is 84.5 cm³/mol. The number of aliphatic hydroxyl groups excluding tert-OH is 1. The molecular weight excluding hydrogens is 267 g/mol. The van der Waals surface area contributed by atoms with Gasteiger partial charge in [-0.25, -0.2) is 0 Å². The van der Waals surface area contributed by atoms with Crippen LogP contribution in [0.1, 0.15) is 39.0 Å². The van der Waals surface area contributed by atoms with Gasteiger partial charge in [0.25, 0.3) is 0 Å². The van der Waals surface area contributed by atoms with E-state index in [9.17, 15) is 5.11 Å². The number of anilines is 1. The van der Waals surface area contributed by atoms with Crippen molar-refractivity contribution >= 4 is 18.9 Å². The Kier molecular flexibility index (Phi) is 4.15. The first-order valence-electron chi connectivity index (χ1n) is 7.05. The summed E-state index contributed by atoms with van der Waals surface area (Å²) in [4.78, 5) is 4.25. The summed E-state index contributed by atoms with van der Waals surface area (Å²) in [6.45, 7) is 9.69. The Bertz CT molecular complexity index is 554. The molecule has 0 aliphatic carbocycles. The molecule has 1 aromatic heterocycles. The van der Waals surface area contributed by atoms with E-state index in [2.05, 4.69) is 4.98 Å². The number of nitrogens with two attached hydrogens (primary N) is 1. The van der Waals surface area contributed by atoms with Gasteiger partial charge in [0.1, 0.15) is 0 Å². The monoisotopic (exact) mass is 290 g/mol. The SMILES string of the molecule is Cc1cc(C=C(CO)B2OC(C)(C)C(C)(C)O2)ncc1N. The Morgan fingerprint density at radius 3 is 2.38 bits per heavy atom. The molecule has 0 bridgehead atoms. The number of aryl methyl sites for hydroxylation is 1. The lowest BCUT2D eigenvalue weighted by atomic mass is 9.78. The van der Waals surface area contributed by atoms with Gasteiger partial charge < -0.3 is 20.1 Å². The van der Waals surface area contributed by atoms with Crippen molar-refractivity contribution in [1.82, 2.24) is 4.98 Å². The van der Waals surface area contributed by atoms with Gasteiger partial charge in [0.15, 0.2) is 0 Å². The molecule has 2 rings (SSSR count). The first-order chi connectivity index (χ1) is 9.66. The number of aliphatic hydroxyl groups is 1. The maximum atomic E-state index is 9.63. The first kappa shape index (κ1) is 16.0. The average molecular weight is 290 g/mol. The summed E-state index contributed by atoms with van der Waals surface area (Å²) in [7, 11) is -0.570. The van der Waals surface area contributed by atoms with Crippen LogP contribution in [0.4, 0.5) is 5.69 Å². The molecule has 0 aromatic carbocycles. The number of nitrogen functional groups attached to an aromatic ring is 1. The summed E-state index contributed by atoms with van der Waals surface area (Å²) in [6, 6.07) is 1.87. The lowest BCUT2D eigenvalue weighted by molar-refractivity contribution is 0.00578. The van der Waals surface area contributed by atoms with Gasteiger partial charge in [0.2, 0.25) is 0 Å². The van der Waals surface area contributed by atoms with Crippen LogP contribution < -0.4 is 5.73 Å². The molecule has 1 aliphatic rings. The third-order valence-corrected chi connectivity index (χ3v) is 4.24. The molecule has 0 spiro atoms. The fourth-order valence-corrected chi connectivity index (χ4v) is 2.04. The summed E-state index contributed by atoms with van der Waals surface area (Å²) in [5.74, 6) is 0. The van der Waals surface area contributed by atoms with Crippen molar-refractivity contribution in [1.29, 1.82) is 0 Å². The Balaban J connectivity index is 2.28. The number of rotatable bonds is 3. The highest BCUT2D eigenvalue weighted by Crippen LogP contribution is 2.38. The van der Waals surface area contributed by atoms with E-state index in [1.807, 2.05) is 40.7 Å². The quantitative estimate of drug-likeness (QED) is 0.832. The number of hydrogen-bond donors (Lipinski definition) is 2. The van der Waals surface area contributed by atoms with Gasteiger partial charge in [0.05, 0.1) is 35.4 Å². The molecule has 1 saturated heterocycles. The molecule has 0 radical (unpaired) electrons. The van der Waals surface area contributed by atoms with Crippen molar-refractivity contribution in [2.45, 2.75) is 45.8 Å². The van der Waals surface area contributed by atoms with Crippen LogP contribution in [0.3, 0.4) is 0 Å². The zero-order valence-electron chi connectivity index (χ0n) is 13.3. The van der Waals surface area contributed by atoms with Crippen molar-refractivity contribution in [3.05, 3.63) is 29.0 Å². The largest absolute Gasteiger partial charge is 0.492 e. The molecule has 3 N–H and O–H groups in total. The number of nitrogens with zero attached hydrogens (tertiary/aromatic N) is 1. The van der Waals surface area contributed by atoms with Crippen LogP contribution in [-0.2, 0) is 9.31 Å². The molecule has 0 saturated carbocycles. The second-order valence-corrected chi connectivity index (χ2v) is 6.43. The van der Waals surface area contributed by atoms with Gasteiger partial charge >= 0.3 is 7.12 Å². The topological polar surface area (TPSA) is 77.6 Å². The molecule has 114 valence electrons. The third-order valence-electron chi connectivity index (χ3n) is 4.24. The fraction of sp³-hybridized carbons (Fsp3) is 0.533. The maximum absolute atomic E-state index is 9.63. The summed E-state index contributed by atoms with van der Waals surface area (Å²) in [5, 5.41) is 9.63. The van der Waals surface area contributed by atoms with Crippen molar-refractivity contribution in [2.75, 3.05) is 12.3 Å². The van der Waals surface area contributed by atoms with E-state index in [1.165, 1.54) is 0 Å². The van der Waals surface area contributed by atoms with Gasteiger partial charge in [-0.05, 0) is 57.8 Å². The molecule has 21 heavy (non-hydrogen) atoms. The molecule has 5 nitrogen and oxygen atoms in total. The maximum Gasteiger partial charge on any atom is 0.492 e. The van der Waals surface area contributed by atoms with Crippen LogP contribution in [0.2, 0.25) is 0 Å². The van der Waals surface area contributed by atoms with E-state index >= 15 is 0 Å². The van der Waals surface area contributed by atoms with Gasteiger partial charge in [-0.15, -0.1) is 0 Å². The zero-order chi connectivity index (χ0) is 15.8. The van der Waals surface area contributed by atoms with Crippen LogP contribution in [0.25, 0.3) is 6.08 Å². The zero-order valence-corrected chi connectivity index (χ0v) is 13.3. The van der Waals surface area contributed by atoms with Crippen molar-refractivity contribution < 1.29 is 14.4 Å². The minimum absolute atomic E-state index is 0.151. The van der Waals surface area contributed by atoms with Crippen LogP contribution in [0.5, 0.6) is 0 Å². The van der Waals surface area contributed by atoms with Crippen molar-refractivity contribution in [3.63, 3.8) is 0 Å². The van der Waals surface area contributed by atoms with E-state index < -0.39 is 18.3 Å². The Morgan fingerprint density at radius 2 is 1.90 bits per heavy atom. The molecule has 1 aliphatic heterocycles. The smallest absolute Gasteiger partial charge is 0.400 e. The van der Waals surface area contributed by atoms with E-state index in [1.54, 1.807) is 12.3 Å². The summed E-state index contributed by atoms with van der Waals surface area (Å²) < 4.78 is 11.9. The highest BCUT2D eigenvalue weighted by atomic mass is 16.7. The second kappa shape index (κ2) is 5.44. The van der Waals surface area contributed by atoms with Crippen molar-refractivity contribution in [2.24, 2.45) is 0 Å². The minimum Gasteiger partial charge on any atom is -0.400 e. The number of hydrogen-bond acceptors (Lipinski definition) is 5.